The fourth-order valence-electron chi connectivity index (χ4n) is 2.60. The predicted octanol–water partition coefficient (Wildman–Crippen LogP) is 4.57. The van der Waals surface area contributed by atoms with Gasteiger partial charge in [0.2, 0.25) is 0 Å². The molecule has 0 aromatic heterocycles. The molecule has 0 aliphatic carbocycles. The van der Waals surface area contributed by atoms with E-state index in [1.54, 1.807) is 32.9 Å². The molecule has 0 amide bonds. The lowest BCUT2D eigenvalue weighted by Gasteiger charge is -2.15. The van der Waals surface area contributed by atoms with Crippen molar-refractivity contribution in [3.8, 4) is 0 Å². The van der Waals surface area contributed by atoms with Crippen LogP contribution in [0.25, 0.3) is 0 Å². The standard InChI is InChI=1S/C16H15F4NO2S/c1-9-6-10(2)15(11(3)7-9)24(22,23)21-12-4-5-14(17)13(8-12)16(18,19)20/h4-8,21H,1-3H3. The summed E-state index contributed by atoms with van der Waals surface area (Å²) in [4.78, 5) is -0.00835. The SMILES string of the molecule is Cc1cc(C)c(S(=O)(=O)Nc2ccc(F)c(C(F)(F)F)c2)c(C)c1. The van der Waals surface area contributed by atoms with E-state index in [0.29, 0.717) is 23.3 Å². The first-order valence-electron chi connectivity index (χ1n) is 6.89. The average molecular weight is 361 g/mol. The van der Waals surface area contributed by atoms with Crippen molar-refractivity contribution in [3.63, 3.8) is 0 Å². The normalized spacial score (nSPS) is 12.3. The highest BCUT2D eigenvalue weighted by Gasteiger charge is 2.34. The Hall–Kier alpha value is -2.09. The summed E-state index contributed by atoms with van der Waals surface area (Å²) in [5.41, 5.74) is -0.0791. The van der Waals surface area contributed by atoms with Crippen molar-refractivity contribution in [2.45, 2.75) is 31.8 Å². The molecule has 2 rings (SSSR count). The Morgan fingerprint density at radius 1 is 0.958 bits per heavy atom. The highest BCUT2D eigenvalue weighted by Crippen LogP contribution is 2.34. The van der Waals surface area contributed by atoms with E-state index in [0.717, 1.165) is 11.6 Å². The van der Waals surface area contributed by atoms with Gasteiger partial charge >= 0.3 is 6.18 Å². The van der Waals surface area contributed by atoms with Crippen LogP contribution in [-0.4, -0.2) is 8.42 Å². The van der Waals surface area contributed by atoms with Crippen LogP contribution in [0.2, 0.25) is 0 Å². The molecule has 0 heterocycles. The summed E-state index contributed by atoms with van der Waals surface area (Å²) in [5.74, 6) is -1.46. The summed E-state index contributed by atoms with van der Waals surface area (Å²) in [6.07, 6.45) is -4.92. The van der Waals surface area contributed by atoms with Crippen molar-refractivity contribution in [2.75, 3.05) is 4.72 Å². The third-order valence-corrected chi connectivity index (χ3v) is 5.08. The summed E-state index contributed by atoms with van der Waals surface area (Å²) in [6, 6.07) is 5.28. The first kappa shape index (κ1) is 18.3. The van der Waals surface area contributed by atoms with Crippen LogP contribution < -0.4 is 4.72 Å². The lowest BCUT2D eigenvalue weighted by Crippen LogP contribution is -2.17. The van der Waals surface area contributed by atoms with Crippen molar-refractivity contribution < 1.29 is 26.0 Å². The first-order valence-corrected chi connectivity index (χ1v) is 8.37. The number of benzene rings is 2. The second-order valence-electron chi connectivity index (χ2n) is 5.53. The number of hydrogen-bond acceptors (Lipinski definition) is 2. The molecule has 0 spiro atoms. The van der Waals surface area contributed by atoms with Crippen LogP contribution in [0.1, 0.15) is 22.3 Å². The second-order valence-corrected chi connectivity index (χ2v) is 7.14. The number of halogens is 4. The molecule has 2 aromatic carbocycles. The average Bonchev–Trinajstić information content (AvgIpc) is 2.37. The lowest BCUT2D eigenvalue weighted by atomic mass is 10.1. The summed E-state index contributed by atoms with van der Waals surface area (Å²) in [5, 5.41) is 0. The Morgan fingerprint density at radius 2 is 1.50 bits per heavy atom. The van der Waals surface area contributed by atoms with Crippen LogP contribution in [0.15, 0.2) is 35.2 Å². The van der Waals surface area contributed by atoms with Crippen LogP contribution in [-0.2, 0) is 16.2 Å². The molecule has 0 aliphatic heterocycles. The molecule has 0 radical (unpaired) electrons. The highest BCUT2D eigenvalue weighted by atomic mass is 32.2. The molecule has 24 heavy (non-hydrogen) atoms. The Kier molecular flexibility index (Phi) is 4.63. The van der Waals surface area contributed by atoms with Crippen LogP contribution >= 0.6 is 0 Å². The maximum Gasteiger partial charge on any atom is 0.419 e. The van der Waals surface area contributed by atoms with Crippen LogP contribution in [0, 0.1) is 26.6 Å². The Bertz CT molecular complexity index is 866. The van der Waals surface area contributed by atoms with Crippen molar-refractivity contribution in [3.05, 3.63) is 58.4 Å². The maximum absolute atomic E-state index is 13.3. The second kappa shape index (κ2) is 6.08. The number of anilines is 1. The minimum Gasteiger partial charge on any atom is -0.280 e. The molecule has 2 aromatic rings. The summed E-state index contributed by atoms with van der Waals surface area (Å²) < 4.78 is 78.6. The van der Waals surface area contributed by atoms with Gasteiger partial charge in [0.1, 0.15) is 5.82 Å². The van der Waals surface area contributed by atoms with E-state index in [1.807, 2.05) is 0 Å². The summed E-state index contributed by atoms with van der Waals surface area (Å²) in [6.45, 7) is 5.00. The molecule has 0 saturated heterocycles. The predicted molar refractivity (Wildman–Crippen MR) is 82.9 cm³/mol. The van der Waals surface area contributed by atoms with Gasteiger partial charge in [-0.05, 0) is 50.1 Å². The summed E-state index contributed by atoms with van der Waals surface area (Å²) >= 11 is 0. The molecule has 0 saturated carbocycles. The number of nitrogens with one attached hydrogen (secondary N) is 1. The zero-order valence-electron chi connectivity index (χ0n) is 13.1. The minimum absolute atomic E-state index is 0.00835. The summed E-state index contributed by atoms with van der Waals surface area (Å²) in [7, 11) is -4.11. The zero-order valence-corrected chi connectivity index (χ0v) is 13.9. The largest absolute Gasteiger partial charge is 0.419 e. The van der Waals surface area contributed by atoms with Crippen molar-refractivity contribution in [1.29, 1.82) is 0 Å². The molecule has 1 N–H and O–H groups in total. The molecule has 0 fully saturated rings. The van der Waals surface area contributed by atoms with Gasteiger partial charge in [-0.25, -0.2) is 12.8 Å². The molecule has 0 aliphatic rings. The lowest BCUT2D eigenvalue weighted by molar-refractivity contribution is -0.139. The van der Waals surface area contributed by atoms with E-state index in [9.17, 15) is 26.0 Å². The topological polar surface area (TPSA) is 46.2 Å². The quantitative estimate of drug-likeness (QED) is 0.814. The Balaban J connectivity index is 2.48. The molecular weight excluding hydrogens is 346 g/mol. The smallest absolute Gasteiger partial charge is 0.280 e. The molecule has 0 unspecified atom stereocenters. The fraction of sp³-hybridized carbons (Fsp3) is 0.250. The van der Waals surface area contributed by atoms with E-state index in [2.05, 4.69) is 4.72 Å². The van der Waals surface area contributed by atoms with Gasteiger partial charge < -0.3 is 0 Å². The first-order chi connectivity index (χ1) is 10.9. The van der Waals surface area contributed by atoms with Gasteiger partial charge in [0, 0.05) is 5.69 Å². The van der Waals surface area contributed by atoms with Gasteiger partial charge in [0.25, 0.3) is 10.0 Å². The molecule has 8 heteroatoms. The van der Waals surface area contributed by atoms with Gasteiger partial charge in [-0.2, -0.15) is 13.2 Å². The van der Waals surface area contributed by atoms with E-state index < -0.39 is 27.6 Å². The molecule has 0 bridgehead atoms. The maximum atomic E-state index is 13.3. The fourth-order valence-corrected chi connectivity index (χ4v) is 4.11. The van der Waals surface area contributed by atoms with E-state index in [4.69, 9.17) is 0 Å². The van der Waals surface area contributed by atoms with Crippen LogP contribution in [0.5, 0.6) is 0 Å². The number of aryl methyl sites for hydroxylation is 3. The van der Waals surface area contributed by atoms with E-state index in [1.165, 1.54) is 0 Å². The number of hydrogen-bond donors (Lipinski definition) is 1. The molecule has 0 atom stereocenters. The molecule has 3 nitrogen and oxygen atoms in total. The monoisotopic (exact) mass is 361 g/mol. The number of alkyl halides is 3. The zero-order chi connectivity index (χ0) is 18.3. The third kappa shape index (κ3) is 3.69. The van der Waals surface area contributed by atoms with Crippen molar-refractivity contribution in [1.82, 2.24) is 0 Å². The Morgan fingerprint density at radius 3 is 2.00 bits per heavy atom. The van der Waals surface area contributed by atoms with Crippen molar-refractivity contribution in [2.24, 2.45) is 0 Å². The number of sulfonamides is 1. The van der Waals surface area contributed by atoms with Gasteiger partial charge in [0.15, 0.2) is 0 Å². The highest BCUT2D eigenvalue weighted by molar-refractivity contribution is 7.92. The van der Waals surface area contributed by atoms with Crippen LogP contribution in [0.4, 0.5) is 23.2 Å². The van der Waals surface area contributed by atoms with Gasteiger partial charge in [-0.1, -0.05) is 17.7 Å². The van der Waals surface area contributed by atoms with Gasteiger partial charge in [0.05, 0.1) is 10.5 Å². The molecular formula is C16H15F4NO2S. The van der Waals surface area contributed by atoms with Gasteiger partial charge in [-0.3, -0.25) is 4.72 Å². The Labute approximate surface area is 137 Å². The molecule has 130 valence electrons. The van der Waals surface area contributed by atoms with Crippen molar-refractivity contribution >= 4 is 15.7 Å². The van der Waals surface area contributed by atoms with Gasteiger partial charge in [-0.15, -0.1) is 0 Å². The number of rotatable bonds is 3. The van der Waals surface area contributed by atoms with E-state index in [-0.39, 0.29) is 10.6 Å². The van der Waals surface area contributed by atoms with Crippen LogP contribution in [0.3, 0.4) is 0 Å². The third-order valence-electron chi connectivity index (χ3n) is 3.40. The van der Waals surface area contributed by atoms with E-state index >= 15 is 0 Å². The minimum atomic E-state index is -4.92.